The number of anilines is 2. The summed E-state index contributed by atoms with van der Waals surface area (Å²) in [7, 11) is 0. The van der Waals surface area contributed by atoms with E-state index in [1.54, 1.807) is 12.4 Å². The van der Waals surface area contributed by atoms with Crippen molar-refractivity contribution in [1.82, 2.24) is 4.98 Å². The van der Waals surface area contributed by atoms with Crippen LogP contribution in [0.25, 0.3) is 0 Å². The molecule has 0 fully saturated rings. The molecule has 0 spiro atoms. The summed E-state index contributed by atoms with van der Waals surface area (Å²) in [5, 5.41) is 6.34. The maximum Gasteiger partial charge on any atom is 0.257 e. The Labute approximate surface area is 167 Å². The van der Waals surface area contributed by atoms with E-state index in [0.717, 1.165) is 11.4 Å². The third-order valence-corrected chi connectivity index (χ3v) is 4.69. The molecule has 0 aliphatic rings. The first-order valence-corrected chi connectivity index (χ1v) is 9.51. The number of carbonyl (C=O) groups excluding carboxylic acids is 1. The molecule has 0 bridgehead atoms. The van der Waals surface area contributed by atoms with Crippen molar-refractivity contribution in [2.24, 2.45) is 0 Å². The van der Waals surface area contributed by atoms with Crippen molar-refractivity contribution in [1.29, 1.82) is 0 Å². The monoisotopic (exact) mass is 373 g/mol. The summed E-state index contributed by atoms with van der Waals surface area (Å²) >= 11 is 0. The molecule has 144 valence electrons. The van der Waals surface area contributed by atoms with E-state index in [2.05, 4.69) is 55.4 Å². The highest BCUT2D eigenvalue weighted by atomic mass is 16.1. The number of amides is 1. The zero-order valence-electron chi connectivity index (χ0n) is 16.9. The van der Waals surface area contributed by atoms with Crippen LogP contribution in [-0.2, 0) is 5.41 Å². The topological polar surface area (TPSA) is 54.0 Å². The number of rotatable bonds is 5. The minimum Gasteiger partial charge on any atom is -0.377 e. The fourth-order valence-corrected chi connectivity index (χ4v) is 2.97. The second-order valence-electron chi connectivity index (χ2n) is 8.02. The fraction of sp³-hybridized carbons (Fsp3) is 0.250. The molecule has 3 aromatic rings. The van der Waals surface area contributed by atoms with E-state index in [4.69, 9.17) is 0 Å². The average molecular weight is 374 g/mol. The lowest BCUT2D eigenvalue weighted by Crippen LogP contribution is -2.14. The van der Waals surface area contributed by atoms with Gasteiger partial charge in [-0.15, -0.1) is 0 Å². The molecule has 4 heteroatoms. The first kappa shape index (κ1) is 19.6. The number of nitrogens with zero attached hydrogens (tertiary/aromatic N) is 1. The quantitative estimate of drug-likeness (QED) is 0.594. The van der Waals surface area contributed by atoms with Crippen LogP contribution in [0.5, 0.6) is 0 Å². The number of carbonyl (C=O) groups is 1. The van der Waals surface area contributed by atoms with Gasteiger partial charge in [-0.2, -0.15) is 0 Å². The number of pyridine rings is 1. The van der Waals surface area contributed by atoms with Gasteiger partial charge in [0.1, 0.15) is 0 Å². The lowest BCUT2D eigenvalue weighted by molar-refractivity contribution is 0.102. The molecule has 1 heterocycles. The van der Waals surface area contributed by atoms with Crippen molar-refractivity contribution in [2.45, 2.75) is 39.2 Å². The van der Waals surface area contributed by atoms with E-state index < -0.39 is 0 Å². The van der Waals surface area contributed by atoms with Gasteiger partial charge in [0.2, 0.25) is 0 Å². The zero-order valence-corrected chi connectivity index (χ0v) is 16.9. The van der Waals surface area contributed by atoms with Gasteiger partial charge in [-0.3, -0.25) is 9.78 Å². The number of hydrogen-bond acceptors (Lipinski definition) is 3. The summed E-state index contributed by atoms with van der Waals surface area (Å²) < 4.78 is 0. The molecule has 0 saturated carbocycles. The molecular formula is C24H27N3O. The molecule has 0 aliphatic heterocycles. The Morgan fingerprint density at radius 3 is 2.25 bits per heavy atom. The summed E-state index contributed by atoms with van der Waals surface area (Å²) in [6, 6.07) is 20.1. The molecule has 0 radical (unpaired) electrons. The smallest absolute Gasteiger partial charge is 0.257 e. The van der Waals surface area contributed by atoms with Crippen LogP contribution in [0.2, 0.25) is 0 Å². The van der Waals surface area contributed by atoms with Crippen LogP contribution >= 0.6 is 0 Å². The van der Waals surface area contributed by atoms with Crippen LogP contribution in [-0.4, -0.2) is 10.9 Å². The maximum absolute atomic E-state index is 12.6. The Morgan fingerprint density at radius 1 is 0.929 bits per heavy atom. The third-order valence-electron chi connectivity index (χ3n) is 4.69. The van der Waals surface area contributed by atoms with Crippen molar-refractivity contribution >= 4 is 17.3 Å². The first-order chi connectivity index (χ1) is 13.3. The van der Waals surface area contributed by atoms with Gasteiger partial charge in [-0.25, -0.2) is 0 Å². The van der Waals surface area contributed by atoms with Gasteiger partial charge in [0.15, 0.2) is 0 Å². The van der Waals surface area contributed by atoms with E-state index in [1.165, 1.54) is 11.1 Å². The summed E-state index contributed by atoms with van der Waals surface area (Å²) in [4.78, 5) is 16.8. The van der Waals surface area contributed by atoms with Gasteiger partial charge in [0.05, 0.1) is 11.3 Å². The van der Waals surface area contributed by atoms with Crippen LogP contribution in [0, 0.1) is 0 Å². The average Bonchev–Trinajstić information content (AvgIpc) is 2.68. The second-order valence-corrected chi connectivity index (χ2v) is 8.02. The Bertz CT molecular complexity index is 928. The Balaban J connectivity index is 1.68. The van der Waals surface area contributed by atoms with Crippen molar-refractivity contribution in [3.05, 3.63) is 89.7 Å². The van der Waals surface area contributed by atoms with Crippen LogP contribution in [0.4, 0.5) is 11.4 Å². The normalized spacial score (nSPS) is 12.3. The fourth-order valence-electron chi connectivity index (χ4n) is 2.97. The molecule has 2 N–H and O–H groups in total. The molecule has 1 amide bonds. The molecule has 1 unspecified atom stereocenters. The molecule has 1 aromatic heterocycles. The van der Waals surface area contributed by atoms with E-state index in [9.17, 15) is 4.79 Å². The Kier molecular flexibility index (Phi) is 5.78. The Morgan fingerprint density at radius 2 is 1.61 bits per heavy atom. The van der Waals surface area contributed by atoms with Crippen LogP contribution in [0.1, 0.15) is 55.2 Å². The number of benzene rings is 2. The lowest BCUT2D eigenvalue weighted by Gasteiger charge is -2.19. The SMILES string of the molecule is CC(Nc1cncc(C(=O)Nc2ccc(C(C)(C)C)cc2)c1)c1ccccc1. The zero-order chi connectivity index (χ0) is 20.1. The van der Waals surface area contributed by atoms with E-state index in [0.29, 0.717) is 5.56 Å². The van der Waals surface area contributed by atoms with Gasteiger partial charge in [-0.05, 0) is 41.7 Å². The molecular weight excluding hydrogens is 346 g/mol. The van der Waals surface area contributed by atoms with Gasteiger partial charge in [-0.1, -0.05) is 63.2 Å². The predicted molar refractivity (Wildman–Crippen MR) is 116 cm³/mol. The highest BCUT2D eigenvalue weighted by Gasteiger charge is 2.14. The molecule has 3 rings (SSSR count). The predicted octanol–water partition coefficient (Wildman–Crippen LogP) is 5.80. The van der Waals surface area contributed by atoms with Gasteiger partial charge in [0, 0.05) is 24.1 Å². The van der Waals surface area contributed by atoms with Gasteiger partial charge >= 0.3 is 0 Å². The van der Waals surface area contributed by atoms with E-state index in [-0.39, 0.29) is 17.4 Å². The molecule has 0 saturated heterocycles. The second kappa shape index (κ2) is 8.26. The van der Waals surface area contributed by atoms with Crippen molar-refractivity contribution in [3.8, 4) is 0 Å². The molecule has 4 nitrogen and oxygen atoms in total. The number of aromatic nitrogens is 1. The number of nitrogens with one attached hydrogen (secondary N) is 2. The minimum absolute atomic E-state index is 0.0852. The van der Waals surface area contributed by atoms with Crippen molar-refractivity contribution in [3.63, 3.8) is 0 Å². The standard InChI is InChI=1S/C24H27N3O/c1-17(18-8-6-5-7-9-18)26-22-14-19(15-25-16-22)23(28)27-21-12-10-20(11-13-21)24(2,3)4/h5-17,26H,1-4H3,(H,27,28). The summed E-state index contributed by atoms with van der Waals surface area (Å²) in [5.41, 5.74) is 4.60. The third kappa shape index (κ3) is 4.97. The summed E-state index contributed by atoms with van der Waals surface area (Å²) in [5.74, 6) is -0.174. The highest BCUT2D eigenvalue weighted by molar-refractivity contribution is 6.04. The maximum atomic E-state index is 12.6. The van der Waals surface area contributed by atoms with Crippen molar-refractivity contribution in [2.75, 3.05) is 10.6 Å². The largest absolute Gasteiger partial charge is 0.377 e. The first-order valence-electron chi connectivity index (χ1n) is 9.51. The van der Waals surface area contributed by atoms with E-state index >= 15 is 0 Å². The van der Waals surface area contributed by atoms with Gasteiger partial charge in [0.25, 0.3) is 5.91 Å². The van der Waals surface area contributed by atoms with Crippen molar-refractivity contribution < 1.29 is 4.79 Å². The van der Waals surface area contributed by atoms with Crippen LogP contribution in [0.15, 0.2) is 73.1 Å². The lowest BCUT2D eigenvalue weighted by atomic mass is 9.87. The molecule has 1 atom stereocenters. The minimum atomic E-state index is -0.174. The van der Waals surface area contributed by atoms with Crippen LogP contribution < -0.4 is 10.6 Å². The summed E-state index contributed by atoms with van der Waals surface area (Å²) in [6.45, 7) is 8.59. The summed E-state index contributed by atoms with van der Waals surface area (Å²) in [6.07, 6.45) is 3.31. The van der Waals surface area contributed by atoms with Crippen LogP contribution in [0.3, 0.4) is 0 Å². The molecule has 2 aromatic carbocycles. The number of hydrogen-bond donors (Lipinski definition) is 2. The molecule has 28 heavy (non-hydrogen) atoms. The Hall–Kier alpha value is -3.14. The van der Waals surface area contributed by atoms with Gasteiger partial charge < -0.3 is 10.6 Å². The van der Waals surface area contributed by atoms with E-state index in [1.807, 2.05) is 48.5 Å². The molecule has 0 aliphatic carbocycles. The highest BCUT2D eigenvalue weighted by Crippen LogP contribution is 2.24.